The Morgan fingerprint density at radius 3 is 2.52 bits per heavy atom. The average molecular weight is 319 g/mol. The van der Waals surface area contributed by atoms with E-state index in [4.69, 9.17) is 9.47 Å². The van der Waals surface area contributed by atoms with Gasteiger partial charge in [-0.25, -0.2) is 0 Å². The van der Waals surface area contributed by atoms with Crippen molar-refractivity contribution >= 4 is 5.97 Å². The van der Waals surface area contributed by atoms with Crippen molar-refractivity contribution in [3.63, 3.8) is 0 Å². The molecule has 1 saturated heterocycles. The highest BCUT2D eigenvalue weighted by Crippen LogP contribution is 2.33. The molecule has 1 atom stereocenters. The third-order valence-corrected chi connectivity index (χ3v) is 4.45. The van der Waals surface area contributed by atoms with Gasteiger partial charge >= 0.3 is 5.97 Å². The number of methoxy groups -OCH3 is 1. The molecule has 1 aliphatic rings. The van der Waals surface area contributed by atoms with Crippen LogP contribution in [0.25, 0.3) is 0 Å². The molecule has 0 radical (unpaired) electrons. The van der Waals surface area contributed by atoms with Crippen LogP contribution in [0.2, 0.25) is 0 Å². The highest BCUT2D eigenvalue weighted by molar-refractivity contribution is 5.70. The van der Waals surface area contributed by atoms with E-state index in [0.29, 0.717) is 6.42 Å². The molecule has 1 heterocycles. The molecule has 1 fully saturated rings. The zero-order chi connectivity index (χ0) is 16.5. The zero-order valence-corrected chi connectivity index (χ0v) is 14.4. The lowest BCUT2D eigenvalue weighted by atomic mass is 10.0. The summed E-state index contributed by atoms with van der Waals surface area (Å²) < 4.78 is 11.1. The van der Waals surface area contributed by atoms with E-state index in [2.05, 4.69) is 12.2 Å². The Balaban J connectivity index is 1.93. The number of nitrogens with one attached hydrogen (secondary N) is 1. The predicted octanol–water partition coefficient (Wildman–Crippen LogP) is 4.14. The fourth-order valence-electron chi connectivity index (χ4n) is 3.09. The SMILES string of the molecule is CCCCCCCC(=O)OC1(c2ccc(OC)cc2)CCCN1. The second-order valence-electron chi connectivity index (χ2n) is 6.22. The number of ether oxygens (including phenoxy) is 2. The summed E-state index contributed by atoms with van der Waals surface area (Å²) in [5.41, 5.74) is 0.336. The van der Waals surface area contributed by atoms with Crippen LogP contribution in [-0.4, -0.2) is 19.6 Å². The van der Waals surface area contributed by atoms with Crippen LogP contribution in [0.4, 0.5) is 0 Å². The van der Waals surface area contributed by atoms with Crippen LogP contribution in [0.3, 0.4) is 0 Å². The van der Waals surface area contributed by atoms with E-state index in [1.54, 1.807) is 7.11 Å². The molecular formula is C19H29NO3. The number of esters is 1. The zero-order valence-electron chi connectivity index (χ0n) is 14.4. The summed E-state index contributed by atoms with van der Waals surface area (Å²) in [6.45, 7) is 3.06. The summed E-state index contributed by atoms with van der Waals surface area (Å²) >= 11 is 0. The molecule has 0 aromatic heterocycles. The number of hydrogen-bond donors (Lipinski definition) is 1. The lowest BCUT2D eigenvalue weighted by Crippen LogP contribution is -2.41. The summed E-state index contributed by atoms with van der Waals surface area (Å²) in [6, 6.07) is 7.78. The van der Waals surface area contributed by atoms with E-state index in [0.717, 1.165) is 43.5 Å². The van der Waals surface area contributed by atoms with E-state index in [1.807, 2.05) is 24.3 Å². The topological polar surface area (TPSA) is 47.6 Å². The maximum Gasteiger partial charge on any atom is 0.307 e. The maximum absolute atomic E-state index is 12.2. The normalized spacial score (nSPS) is 20.4. The lowest BCUT2D eigenvalue weighted by Gasteiger charge is -2.30. The fraction of sp³-hybridized carbons (Fsp3) is 0.632. The minimum absolute atomic E-state index is 0.105. The van der Waals surface area contributed by atoms with Crippen molar-refractivity contribution < 1.29 is 14.3 Å². The van der Waals surface area contributed by atoms with Gasteiger partial charge in [-0.3, -0.25) is 10.1 Å². The minimum Gasteiger partial charge on any atom is -0.497 e. The molecule has 0 bridgehead atoms. The van der Waals surface area contributed by atoms with Crippen molar-refractivity contribution in [1.29, 1.82) is 0 Å². The third kappa shape index (κ3) is 4.96. The summed E-state index contributed by atoms with van der Waals surface area (Å²) in [6.07, 6.45) is 8.01. The first-order valence-electron chi connectivity index (χ1n) is 8.81. The number of benzene rings is 1. The van der Waals surface area contributed by atoms with Gasteiger partial charge in [0.05, 0.1) is 7.11 Å². The molecule has 4 nitrogen and oxygen atoms in total. The van der Waals surface area contributed by atoms with Crippen molar-refractivity contribution in [1.82, 2.24) is 5.32 Å². The van der Waals surface area contributed by atoms with Gasteiger partial charge in [0.15, 0.2) is 5.72 Å². The highest BCUT2D eigenvalue weighted by atomic mass is 16.6. The largest absolute Gasteiger partial charge is 0.497 e. The molecule has 0 aliphatic carbocycles. The van der Waals surface area contributed by atoms with E-state index in [9.17, 15) is 4.79 Å². The molecule has 1 aliphatic heterocycles. The first-order valence-corrected chi connectivity index (χ1v) is 8.81. The Hall–Kier alpha value is -1.55. The second kappa shape index (κ2) is 8.92. The molecule has 1 aromatic carbocycles. The van der Waals surface area contributed by atoms with Crippen LogP contribution in [0, 0.1) is 0 Å². The van der Waals surface area contributed by atoms with Gasteiger partial charge < -0.3 is 9.47 Å². The van der Waals surface area contributed by atoms with Gasteiger partial charge in [-0.15, -0.1) is 0 Å². The maximum atomic E-state index is 12.2. The molecule has 1 unspecified atom stereocenters. The summed E-state index contributed by atoms with van der Waals surface area (Å²) in [7, 11) is 1.65. The Bertz CT molecular complexity index is 478. The van der Waals surface area contributed by atoms with E-state index in [-0.39, 0.29) is 5.97 Å². The molecule has 1 aromatic rings. The van der Waals surface area contributed by atoms with Crippen molar-refractivity contribution in [2.24, 2.45) is 0 Å². The van der Waals surface area contributed by atoms with Gasteiger partial charge in [-0.2, -0.15) is 0 Å². The van der Waals surface area contributed by atoms with Crippen LogP contribution < -0.4 is 10.1 Å². The molecule has 0 amide bonds. The molecule has 128 valence electrons. The summed E-state index contributed by atoms with van der Waals surface area (Å²) in [5, 5.41) is 3.38. The van der Waals surface area contributed by atoms with Crippen LogP contribution in [0.5, 0.6) is 5.75 Å². The lowest BCUT2D eigenvalue weighted by molar-refractivity contribution is -0.163. The molecule has 2 rings (SSSR count). The van der Waals surface area contributed by atoms with Crippen LogP contribution >= 0.6 is 0 Å². The molecule has 0 spiro atoms. The van der Waals surface area contributed by atoms with Crippen molar-refractivity contribution in [3.8, 4) is 5.75 Å². The molecular weight excluding hydrogens is 290 g/mol. The van der Waals surface area contributed by atoms with Crippen LogP contribution in [0.15, 0.2) is 24.3 Å². The van der Waals surface area contributed by atoms with Crippen LogP contribution in [-0.2, 0) is 15.3 Å². The first-order chi connectivity index (χ1) is 11.2. The first kappa shape index (κ1) is 17.8. The smallest absolute Gasteiger partial charge is 0.307 e. The monoisotopic (exact) mass is 319 g/mol. The van der Waals surface area contributed by atoms with Crippen molar-refractivity contribution in [2.75, 3.05) is 13.7 Å². The van der Waals surface area contributed by atoms with Crippen molar-refractivity contribution in [3.05, 3.63) is 29.8 Å². The standard InChI is InChI=1S/C19H29NO3/c1-3-4-5-6-7-9-18(21)23-19(14-8-15-20-19)16-10-12-17(22-2)13-11-16/h10-13,20H,3-9,14-15H2,1-2H3. The Kier molecular flexibility index (Phi) is 6.90. The van der Waals surface area contributed by atoms with Crippen LogP contribution in [0.1, 0.15) is 63.9 Å². The Morgan fingerprint density at radius 1 is 1.17 bits per heavy atom. The van der Waals surface area contributed by atoms with Gasteiger partial charge in [0, 0.05) is 18.4 Å². The van der Waals surface area contributed by atoms with E-state index >= 15 is 0 Å². The summed E-state index contributed by atoms with van der Waals surface area (Å²) in [5.74, 6) is 0.705. The van der Waals surface area contributed by atoms with E-state index < -0.39 is 5.72 Å². The molecule has 23 heavy (non-hydrogen) atoms. The molecule has 0 saturated carbocycles. The number of hydrogen-bond acceptors (Lipinski definition) is 4. The predicted molar refractivity (Wildman–Crippen MR) is 91.4 cm³/mol. The number of carbonyl (C=O) groups excluding carboxylic acids is 1. The van der Waals surface area contributed by atoms with Crippen molar-refractivity contribution in [2.45, 2.75) is 64.0 Å². The third-order valence-electron chi connectivity index (χ3n) is 4.45. The quantitative estimate of drug-likeness (QED) is 0.549. The fourth-order valence-corrected chi connectivity index (χ4v) is 3.09. The number of rotatable bonds is 9. The second-order valence-corrected chi connectivity index (χ2v) is 6.22. The molecule has 4 heteroatoms. The van der Waals surface area contributed by atoms with Gasteiger partial charge in [-0.05, 0) is 43.7 Å². The van der Waals surface area contributed by atoms with Gasteiger partial charge in [-0.1, -0.05) is 32.6 Å². The average Bonchev–Trinajstić information content (AvgIpc) is 3.04. The summed E-state index contributed by atoms with van der Waals surface area (Å²) in [4.78, 5) is 12.2. The molecule has 1 N–H and O–H groups in total. The van der Waals surface area contributed by atoms with Gasteiger partial charge in [0.2, 0.25) is 0 Å². The minimum atomic E-state index is -0.660. The Labute approximate surface area is 139 Å². The number of unbranched alkanes of at least 4 members (excludes halogenated alkanes) is 4. The number of carbonyl (C=O) groups is 1. The Morgan fingerprint density at radius 2 is 1.91 bits per heavy atom. The van der Waals surface area contributed by atoms with E-state index in [1.165, 1.54) is 19.3 Å². The van der Waals surface area contributed by atoms with Gasteiger partial charge in [0.25, 0.3) is 0 Å². The highest BCUT2D eigenvalue weighted by Gasteiger charge is 2.39. The van der Waals surface area contributed by atoms with Gasteiger partial charge in [0.1, 0.15) is 5.75 Å².